The molecule has 0 fully saturated rings. The van der Waals surface area contributed by atoms with Gasteiger partial charge in [-0.25, -0.2) is 0 Å². The molecule has 3 heteroatoms. The average molecular weight is 140 g/mol. The molecule has 0 spiro atoms. The van der Waals surface area contributed by atoms with Crippen molar-refractivity contribution in [3.63, 3.8) is 0 Å². The van der Waals surface area contributed by atoms with Crippen molar-refractivity contribution in [2.45, 2.75) is 26.7 Å². The number of nitrogens with two attached hydrogens (primary N) is 1. The first kappa shape index (κ1) is 7.12. The van der Waals surface area contributed by atoms with Crippen LogP contribution in [0.2, 0.25) is 0 Å². The molecule has 0 radical (unpaired) electrons. The van der Waals surface area contributed by atoms with Crippen molar-refractivity contribution in [2.24, 2.45) is 0 Å². The smallest absolute Gasteiger partial charge is 0.292 e. The van der Waals surface area contributed by atoms with Crippen LogP contribution in [0.25, 0.3) is 0 Å². The lowest BCUT2D eigenvalue weighted by Gasteiger charge is -1.97. The van der Waals surface area contributed by atoms with E-state index in [0.717, 1.165) is 11.5 Å². The van der Waals surface area contributed by atoms with E-state index < -0.39 is 0 Å². The van der Waals surface area contributed by atoms with Gasteiger partial charge in [0.25, 0.3) is 6.01 Å². The third kappa shape index (κ3) is 1.12. The highest BCUT2D eigenvalue weighted by molar-refractivity contribution is 5.20. The molecule has 0 aliphatic rings. The standard InChI is InChI=1S/C7H12N2O/c1-4(2)6-5(3)9-7(8)10-6/h4H,1-3H3,(H2,8,9). The topological polar surface area (TPSA) is 52.0 Å². The van der Waals surface area contributed by atoms with Gasteiger partial charge < -0.3 is 10.2 Å². The Morgan fingerprint density at radius 1 is 1.50 bits per heavy atom. The average Bonchev–Trinajstić information content (AvgIpc) is 2.10. The number of aromatic nitrogens is 1. The van der Waals surface area contributed by atoms with Crippen molar-refractivity contribution in [1.82, 2.24) is 4.98 Å². The molecule has 1 aromatic rings. The van der Waals surface area contributed by atoms with E-state index in [9.17, 15) is 0 Å². The minimum Gasteiger partial charge on any atom is -0.428 e. The van der Waals surface area contributed by atoms with E-state index in [1.165, 1.54) is 0 Å². The van der Waals surface area contributed by atoms with Crippen molar-refractivity contribution in [3.05, 3.63) is 11.5 Å². The van der Waals surface area contributed by atoms with Gasteiger partial charge in [-0.05, 0) is 6.92 Å². The Labute approximate surface area is 60.2 Å². The molecule has 1 aromatic heterocycles. The van der Waals surface area contributed by atoms with Gasteiger partial charge in [0, 0.05) is 5.92 Å². The molecule has 56 valence electrons. The predicted molar refractivity (Wildman–Crippen MR) is 39.7 cm³/mol. The molecule has 2 N–H and O–H groups in total. The predicted octanol–water partition coefficient (Wildman–Crippen LogP) is 1.69. The van der Waals surface area contributed by atoms with E-state index in [-0.39, 0.29) is 6.01 Å². The molecule has 0 amide bonds. The number of hydrogen-bond acceptors (Lipinski definition) is 3. The van der Waals surface area contributed by atoms with Gasteiger partial charge in [0.2, 0.25) is 0 Å². The molecule has 10 heavy (non-hydrogen) atoms. The molecule has 3 nitrogen and oxygen atoms in total. The van der Waals surface area contributed by atoms with E-state index in [0.29, 0.717) is 5.92 Å². The quantitative estimate of drug-likeness (QED) is 0.645. The summed E-state index contributed by atoms with van der Waals surface area (Å²) in [7, 11) is 0. The number of aryl methyl sites for hydroxylation is 1. The molecule has 0 saturated heterocycles. The Morgan fingerprint density at radius 2 is 2.10 bits per heavy atom. The van der Waals surface area contributed by atoms with Crippen LogP contribution in [0.5, 0.6) is 0 Å². The molecule has 1 heterocycles. The second kappa shape index (κ2) is 2.33. The van der Waals surface area contributed by atoms with Crippen molar-refractivity contribution in [2.75, 3.05) is 5.73 Å². The van der Waals surface area contributed by atoms with Gasteiger partial charge in [-0.15, -0.1) is 0 Å². The minimum atomic E-state index is 0.265. The highest BCUT2D eigenvalue weighted by Crippen LogP contribution is 2.20. The van der Waals surface area contributed by atoms with Gasteiger partial charge in [0.15, 0.2) is 0 Å². The largest absolute Gasteiger partial charge is 0.428 e. The lowest BCUT2D eigenvalue weighted by atomic mass is 10.1. The summed E-state index contributed by atoms with van der Waals surface area (Å²) in [5, 5.41) is 0. The highest BCUT2D eigenvalue weighted by Gasteiger charge is 2.09. The van der Waals surface area contributed by atoms with Gasteiger partial charge in [0.05, 0.1) is 5.69 Å². The molecular weight excluding hydrogens is 128 g/mol. The van der Waals surface area contributed by atoms with Crippen LogP contribution in [-0.2, 0) is 0 Å². The number of oxazole rings is 1. The molecule has 0 bridgehead atoms. The van der Waals surface area contributed by atoms with Crippen molar-refractivity contribution in [1.29, 1.82) is 0 Å². The van der Waals surface area contributed by atoms with Crippen LogP contribution in [0.1, 0.15) is 31.2 Å². The van der Waals surface area contributed by atoms with Crippen molar-refractivity contribution >= 4 is 6.01 Å². The molecule has 0 aromatic carbocycles. The summed E-state index contributed by atoms with van der Waals surface area (Å²) < 4.78 is 5.14. The van der Waals surface area contributed by atoms with Crippen molar-refractivity contribution < 1.29 is 4.42 Å². The summed E-state index contributed by atoms with van der Waals surface area (Å²) in [4.78, 5) is 3.94. The van der Waals surface area contributed by atoms with Gasteiger partial charge in [0.1, 0.15) is 5.76 Å². The molecular formula is C7H12N2O. The van der Waals surface area contributed by atoms with Crippen LogP contribution in [0, 0.1) is 6.92 Å². The van der Waals surface area contributed by atoms with Gasteiger partial charge in [-0.2, -0.15) is 4.98 Å². The first-order chi connectivity index (χ1) is 4.61. The maximum absolute atomic E-state index is 5.34. The first-order valence-corrected chi connectivity index (χ1v) is 3.34. The zero-order valence-electron chi connectivity index (χ0n) is 6.51. The summed E-state index contributed by atoms with van der Waals surface area (Å²) in [6.45, 7) is 6.00. The van der Waals surface area contributed by atoms with Crippen LogP contribution in [-0.4, -0.2) is 4.98 Å². The van der Waals surface area contributed by atoms with Gasteiger partial charge in [-0.3, -0.25) is 0 Å². The van der Waals surface area contributed by atoms with E-state index >= 15 is 0 Å². The Morgan fingerprint density at radius 3 is 2.30 bits per heavy atom. The number of rotatable bonds is 1. The molecule has 0 aliphatic heterocycles. The Balaban J connectivity index is 3.03. The molecule has 0 saturated carbocycles. The highest BCUT2D eigenvalue weighted by atomic mass is 16.4. The summed E-state index contributed by atoms with van der Waals surface area (Å²) in [5.74, 6) is 1.25. The minimum absolute atomic E-state index is 0.265. The van der Waals surface area contributed by atoms with Crippen molar-refractivity contribution in [3.8, 4) is 0 Å². The number of hydrogen-bond donors (Lipinski definition) is 1. The molecule has 1 rings (SSSR count). The second-order valence-corrected chi connectivity index (χ2v) is 2.66. The first-order valence-electron chi connectivity index (χ1n) is 3.34. The van der Waals surface area contributed by atoms with E-state index in [4.69, 9.17) is 10.2 Å². The zero-order chi connectivity index (χ0) is 7.72. The summed E-state index contributed by atoms with van der Waals surface area (Å²) >= 11 is 0. The Kier molecular flexibility index (Phi) is 1.66. The normalized spacial score (nSPS) is 10.8. The SMILES string of the molecule is Cc1nc(N)oc1C(C)C. The number of nitrogen functional groups attached to an aromatic ring is 1. The zero-order valence-corrected chi connectivity index (χ0v) is 6.51. The van der Waals surface area contributed by atoms with Gasteiger partial charge in [-0.1, -0.05) is 13.8 Å². The van der Waals surface area contributed by atoms with Crippen LogP contribution < -0.4 is 5.73 Å². The fraction of sp³-hybridized carbons (Fsp3) is 0.571. The Hall–Kier alpha value is -0.990. The summed E-state index contributed by atoms with van der Waals surface area (Å²) in [6, 6.07) is 0.265. The third-order valence-corrected chi connectivity index (χ3v) is 1.37. The number of nitrogens with zero attached hydrogens (tertiary/aromatic N) is 1. The fourth-order valence-corrected chi connectivity index (χ4v) is 0.965. The number of anilines is 1. The Bertz CT molecular complexity index is 228. The summed E-state index contributed by atoms with van der Waals surface area (Å²) in [6.07, 6.45) is 0. The van der Waals surface area contributed by atoms with E-state index in [1.54, 1.807) is 0 Å². The monoisotopic (exact) mass is 140 g/mol. The van der Waals surface area contributed by atoms with Crippen LogP contribution >= 0.6 is 0 Å². The third-order valence-electron chi connectivity index (χ3n) is 1.37. The van der Waals surface area contributed by atoms with Crippen LogP contribution in [0.4, 0.5) is 6.01 Å². The van der Waals surface area contributed by atoms with E-state index in [2.05, 4.69) is 4.98 Å². The lowest BCUT2D eigenvalue weighted by Crippen LogP contribution is -1.86. The lowest BCUT2D eigenvalue weighted by molar-refractivity contribution is 0.497. The summed E-state index contributed by atoms with van der Waals surface area (Å²) in [5.41, 5.74) is 6.24. The second-order valence-electron chi connectivity index (χ2n) is 2.66. The van der Waals surface area contributed by atoms with Gasteiger partial charge >= 0.3 is 0 Å². The molecule has 0 aliphatic carbocycles. The maximum Gasteiger partial charge on any atom is 0.292 e. The van der Waals surface area contributed by atoms with Crippen LogP contribution in [0.3, 0.4) is 0 Å². The fourth-order valence-electron chi connectivity index (χ4n) is 0.965. The van der Waals surface area contributed by atoms with E-state index in [1.807, 2.05) is 20.8 Å². The van der Waals surface area contributed by atoms with Crippen LogP contribution in [0.15, 0.2) is 4.42 Å². The maximum atomic E-state index is 5.34. The molecule has 0 unspecified atom stereocenters. The molecule has 0 atom stereocenters.